The zero-order valence-corrected chi connectivity index (χ0v) is 20.1. The first-order chi connectivity index (χ1) is 17.1. The number of rotatable bonds is 7. The van der Waals surface area contributed by atoms with Crippen LogP contribution in [0.5, 0.6) is 11.5 Å². The molecule has 2 aromatic heterocycles. The number of hydrogen-bond acceptors (Lipinski definition) is 4. The number of aromatic amines is 1. The molecule has 2 N–H and O–H groups in total. The molecule has 0 unspecified atom stereocenters. The van der Waals surface area contributed by atoms with E-state index in [-0.39, 0.29) is 5.91 Å². The van der Waals surface area contributed by atoms with Gasteiger partial charge in [0.1, 0.15) is 5.69 Å². The van der Waals surface area contributed by atoms with E-state index < -0.39 is 0 Å². The Morgan fingerprint density at radius 1 is 1.00 bits per heavy atom. The third kappa shape index (κ3) is 4.53. The van der Waals surface area contributed by atoms with E-state index in [0.717, 1.165) is 32.9 Å². The van der Waals surface area contributed by atoms with Crippen LogP contribution in [0.4, 0.5) is 0 Å². The van der Waals surface area contributed by atoms with Crippen molar-refractivity contribution in [2.45, 2.75) is 13.5 Å². The van der Waals surface area contributed by atoms with Crippen LogP contribution in [-0.2, 0) is 6.54 Å². The van der Waals surface area contributed by atoms with E-state index in [1.807, 2.05) is 73.7 Å². The smallest absolute Gasteiger partial charge is 0.270 e. The fourth-order valence-corrected chi connectivity index (χ4v) is 4.39. The highest BCUT2D eigenvalue weighted by Gasteiger charge is 2.18. The lowest BCUT2D eigenvalue weighted by Crippen LogP contribution is -2.24. The molecule has 0 aliphatic carbocycles. The molecule has 6 nitrogen and oxygen atoms in total. The summed E-state index contributed by atoms with van der Waals surface area (Å²) in [7, 11) is 1.60. The van der Waals surface area contributed by atoms with Crippen molar-refractivity contribution >= 4 is 39.3 Å². The summed E-state index contributed by atoms with van der Waals surface area (Å²) in [5, 5.41) is 5.53. The number of methoxy groups -OCH3 is 1. The van der Waals surface area contributed by atoms with Gasteiger partial charge in [0.25, 0.3) is 5.91 Å². The molecule has 5 rings (SSSR count). The second-order valence-corrected chi connectivity index (χ2v) is 8.50. The molecule has 0 saturated carbocycles. The summed E-state index contributed by atoms with van der Waals surface area (Å²) >= 11 is 6.08. The zero-order chi connectivity index (χ0) is 24.4. The third-order valence-electron chi connectivity index (χ3n) is 5.81. The Morgan fingerprint density at radius 2 is 1.86 bits per heavy atom. The van der Waals surface area contributed by atoms with Crippen LogP contribution in [0.3, 0.4) is 0 Å². The summed E-state index contributed by atoms with van der Waals surface area (Å²) in [6, 6.07) is 22.9. The maximum Gasteiger partial charge on any atom is 0.270 e. The Morgan fingerprint density at radius 3 is 2.66 bits per heavy atom. The molecule has 35 heavy (non-hydrogen) atoms. The summed E-state index contributed by atoms with van der Waals surface area (Å²) < 4.78 is 11.2. The zero-order valence-electron chi connectivity index (χ0n) is 19.4. The van der Waals surface area contributed by atoms with E-state index in [2.05, 4.69) is 10.3 Å². The van der Waals surface area contributed by atoms with Crippen molar-refractivity contribution in [1.82, 2.24) is 15.3 Å². The fourth-order valence-electron chi connectivity index (χ4n) is 4.18. The number of fused-ring (bicyclic) bond motifs is 3. The van der Waals surface area contributed by atoms with E-state index >= 15 is 0 Å². The van der Waals surface area contributed by atoms with Gasteiger partial charge >= 0.3 is 0 Å². The number of carbonyl (C=O) groups excluding carboxylic acids is 1. The molecule has 0 aliphatic heterocycles. The van der Waals surface area contributed by atoms with Crippen molar-refractivity contribution in [3.8, 4) is 22.8 Å². The van der Waals surface area contributed by atoms with E-state index in [0.29, 0.717) is 41.1 Å². The molecule has 0 bridgehead atoms. The topological polar surface area (TPSA) is 76.2 Å². The molecule has 0 aliphatic rings. The largest absolute Gasteiger partial charge is 0.493 e. The number of benzene rings is 3. The van der Waals surface area contributed by atoms with Gasteiger partial charge in [-0.05, 0) is 55.0 Å². The monoisotopic (exact) mass is 485 g/mol. The Labute approximate surface area is 207 Å². The SMILES string of the molecule is CCOc1ccc(-c2nc(C(=O)NCc3cccc(Cl)c3)cc3c2[nH]c2ccccc23)cc1OC. The summed E-state index contributed by atoms with van der Waals surface area (Å²) in [5.41, 5.74) is 4.53. The highest BCUT2D eigenvalue weighted by molar-refractivity contribution is 6.30. The number of H-pyrrole nitrogens is 1. The molecule has 1 amide bonds. The maximum absolute atomic E-state index is 13.2. The van der Waals surface area contributed by atoms with Crippen LogP contribution in [-0.4, -0.2) is 29.6 Å². The van der Waals surface area contributed by atoms with E-state index in [1.165, 1.54) is 0 Å². The molecular formula is C28H24ClN3O3. The fraction of sp³-hybridized carbons (Fsp3) is 0.143. The Hall–Kier alpha value is -4.03. The normalized spacial score (nSPS) is 11.1. The highest BCUT2D eigenvalue weighted by Crippen LogP contribution is 2.37. The molecule has 2 heterocycles. The van der Waals surface area contributed by atoms with Gasteiger partial charge in [-0.2, -0.15) is 0 Å². The highest BCUT2D eigenvalue weighted by atomic mass is 35.5. The van der Waals surface area contributed by atoms with E-state index in [1.54, 1.807) is 13.2 Å². The first-order valence-corrected chi connectivity index (χ1v) is 11.7. The first-order valence-electron chi connectivity index (χ1n) is 11.3. The molecule has 176 valence electrons. The number of carbonyl (C=O) groups is 1. The molecule has 7 heteroatoms. The number of hydrogen-bond donors (Lipinski definition) is 2. The van der Waals surface area contributed by atoms with Crippen molar-refractivity contribution in [2.24, 2.45) is 0 Å². The number of aromatic nitrogens is 2. The lowest BCUT2D eigenvalue weighted by molar-refractivity contribution is 0.0946. The molecule has 0 radical (unpaired) electrons. The van der Waals surface area contributed by atoms with E-state index in [9.17, 15) is 4.79 Å². The molecule has 0 spiro atoms. The van der Waals surface area contributed by atoms with Gasteiger partial charge in [-0.1, -0.05) is 41.9 Å². The number of halogens is 1. The number of ether oxygens (including phenoxy) is 2. The number of amides is 1. The average molecular weight is 486 g/mol. The van der Waals surface area contributed by atoms with Crippen molar-refractivity contribution in [3.05, 3.63) is 89.1 Å². The van der Waals surface area contributed by atoms with Crippen LogP contribution < -0.4 is 14.8 Å². The van der Waals surface area contributed by atoms with Gasteiger partial charge in [0.05, 0.1) is 24.9 Å². The number of para-hydroxylation sites is 1. The number of pyridine rings is 1. The first kappa shape index (κ1) is 22.7. The van der Waals surface area contributed by atoms with Gasteiger partial charge < -0.3 is 19.8 Å². The minimum Gasteiger partial charge on any atom is -0.493 e. The second kappa shape index (κ2) is 9.68. The van der Waals surface area contributed by atoms with Crippen LogP contribution in [0.25, 0.3) is 33.1 Å². The maximum atomic E-state index is 13.2. The van der Waals surface area contributed by atoms with Gasteiger partial charge in [-0.3, -0.25) is 4.79 Å². The molecular weight excluding hydrogens is 462 g/mol. The molecule has 0 saturated heterocycles. The molecule has 5 aromatic rings. The number of nitrogens with zero attached hydrogens (tertiary/aromatic N) is 1. The molecule has 0 atom stereocenters. The third-order valence-corrected chi connectivity index (χ3v) is 6.04. The predicted octanol–water partition coefficient (Wildman–Crippen LogP) is 6.37. The second-order valence-electron chi connectivity index (χ2n) is 8.06. The van der Waals surface area contributed by atoms with Crippen molar-refractivity contribution in [3.63, 3.8) is 0 Å². The van der Waals surface area contributed by atoms with Crippen LogP contribution in [0, 0.1) is 0 Å². The van der Waals surface area contributed by atoms with Crippen molar-refractivity contribution in [2.75, 3.05) is 13.7 Å². The van der Waals surface area contributed by atoms with Crippen molar-refractivity contribution in [1.29, 1.82) is 0 Å². The van der Waals surface area contributed by atoms with Gasteiger partial charge in [0.2, 0.25) is 0 Å². The summed E-state index contributed by atoms with van der Waals surface area (Å²) in [5.74, 6) is 0.990. The van der Waals surface area contributed by atoms with Crippen LogP contribution in [0.2, 0.25) is 5.02 Å². The molecule has 3 aromatic carbocycles. The summed E-state index contributed by atoms with van der Waals surface area (Å²) in [4.78, 5) is 21.4. The summed E-state index contributed by atoms with van der Waals surface area (Å²) in [6.45, 7) is 2.80. The molecule has 0 fully saturated rings. The summed E-state index contributed by atoms with van der Waals surface area (Å²) in [6.07, 6.45) is 0. The van der Waals surface area contributed by atoms with Crippen LogP contribution >= 0.6 is 11.6 Å². The lowest BCUT2D eigenvalue weighted by Gasteiger charge is -2.12. The van der Waals surface area contributed by atoms with E-state index in [4.69, 9.17) is 26.1 Å². The van der Waals surface area contributed by atoms with Gasteiger partial charge in [-0.25, -0.2) is 4.98 Å². The van der Waals surface area contributed by atoms with Gasteiger partial charge in [0, 0.05) is 33.4 Å². The van der Waals surface area contributed by atoms with Gasteiger partial charge in [-0.15, -0.1) is 0 Å². The lowest BCUT2D eigenvalue weighted by atomic mass is 10.1. The van der Waals surface area contributed by atoms with Crippen LogP contribution in [0.15, 0.2) is 72.8 Å². The minimum absolute atomic E-state index is 0.267. The predicted molar refractivity (Wildman–Crippen MR) is 139 cm³/mol. The quantitative estimate of drug-likeness (QED) is 0.280. The average Bonchev–Trinajstić information content (AvgIpc) is 3.26. The number of nitrogens with one attached hydrogen (secondary N) is 2. The minimum atomic E-state index is -0.267. The van der Waals surface area contributed by atoms with Gasteiger partial charge in [0.15, 0.2) is 11.5 Å². The van der Waals surface area contributed by atoms with Crippen molar-refractivity contribution < 1.29 is 14.3 Å². The van der Waals surface area contributed by atoms with Crippen LogP contribution in [0.1, 0.15) is 23.0 Å². The Bertz CT molecular complexity index is 1540. The Kier molecular flexibility index (Phi) is 6.29. The Balaban J connectivity index is 1.61. The standard InChI is InChI=1S/C28H24ClN3O3/c1-3-35-24-12-11-18(14-25(24)34-2)26-27-21(20-9-4-5-10-22(20)31-27)15-23(32-26)28(33)30-16-17-7-6-8-19(29)13-17/h4-15,31H,3,16H2,1-2H3,(H,30,33).